The van der Waals surface area contributed by atoms with Crippen LogP contribution in [0.2, 0.25) is 0 Å². The van der Waals surface area contributed by atoms with Crippen molar-refractivity contribution in [3.05, 3.63) is 71.3 Å². The molecule has 1 nitrogen and oxygen atoms in total. The van der Waals surface area contributed by atoms with E-state index in [0.29, 0.717) is 18.1 Å². The Kier molecular flexibility index (Phi) is 2.20. The zero-order valence-corrected chi connectivity index (χ0v) is 10.8. The summed E-state index contributed by atoms with van der Waals surface area (Å²) in [5.74, 6) is 0.842. The molecular formula is C18H16O. The molecule has 2 aliphatic rings. The second-order valence-electron chi connectivity index (χ2n) is 5.86. The van der Waals surface area contributed by atoms with Gasteiger partial charge in [-0.25, -0.2) is 0 Å². The van der Waals surface area contributed by atoms with E-state index in [0.717, 1.165) is 12.8 Å². The van der Waals surface area contributed by atoms with Crippen LogP contribution in [0.4, 0.5) is 0 Å². The van der Waals surface area contributed by atoms with Crippen molar-refractivity contribution in [1.29, 1.82) is 0 Å². The van der Waals surface area contributed by atoms with E-state index < -0.39 is 0 Å². The summed E-state index contributed by atoms with van der Waals surface area (Å²) in [7, 11) is 0. The first kappa shape index (κ1) is 11.0. The van der Waals surface area contributed by atoms with E-state index in [9.17, 15) is 4.79 Å². The number of hydrogen-bond donors (Lipinski definition) is 0. The molecule has 1 fully saturated rings. The molecule has 0 aromatic heterocycles. The number of ketones is 1. The van der Waals surface area contributed by atoms with E-state index in [1.165, 1.54) is 16.7 Å². The lowest BCUT2D eigenvalue weighted by Gasteiger charge is -2.34. The fourth-order valence-corrected chi connectivity index (χ4v) is 4.10. The van der Waals surface area contributed by atoms with Crippen LogP contribution in [0.1, 0.15) is 41.9 Å². The average molecular weight is 248 g/mol. The summed E-state index contributed by atoms with van der Waals surface area (Å²) in [5.41, 5.74) is 4.03. The maximum atomic E-state index is 12.2. The van der Waals surface area contributed by atoms with Gasteiger partial charge in [0.25, 0.3) is 0 Å². The molecule has 0 spiro atoms. The van der Waals surface area contributed by atoms with Crippen LogP contribution in [0.25, 0.3) is 0 Å². The van der Waals surface area contributed by atoms with Gasteiger partial charge in [0, 0.05) is 18.3 Å². The summed E-state index contributed by atoms with van der Waals surface area (Å²) in [6, 6.07) is 19.2. The Balaban J connectivity index is 1.98. The number of carbonyl (C=O) groups is 1. The molecule has 2 bridgehead atoms. The van der Waals surface area contributed by atoms with E-state index in [2.05, 4.69) is 48.5 Å². The lowest BCUT2D eigenvalue weighted by atomic mass is 9.68. The highest BCUT2D eigenvalue weighted by Gasteiger charge is 2.49. The minimum absolute atomic E-state index is 0.0577. The summed E-state index contributed by atoms with van der Waals surface area (Å²) >= 11 is 0. The fourth-order valence-electron chi connectivity index (χ4n) is 4.10. The van der Waals surface area contributed by atoms with Crippen molar-refractivity contribution in [2.24, 2.45) is 0 Å². The van der Waals surface area contributed by atoms with Crippen molar-refractivity contribution < 1.29 is 4.79 Å². The van der Waals surface area contributed by atoms with Gasteiger partial charge >= 0.3 is 0 Å². The maximum Gasteiger partial charge on any atom is 0.134 e. The molecule has 1 heteroatoms. The Bertz CT molecular complexity index is 644. The van der Waals surface area contributed by atoms with Gasteiger partial charge < -0.3 is 0 Å². The van der Waals surface area contributed by atoms with Crippen molar-refractivity contribution in [3.8, 4) is 0 Å². The van der Waals surface area contributed by atoms with Crippen molar-refractivity contribution in [2.45, 2.75) is 30.6 Å². The largest absolute Gasteiger partial charge is 0.300 e. The van der Waals surface area contributed by atoms with Crippen molar-refractivity contribution in [3.63, 3.8) is 0 Å². The first-order valence-corrected chi connectivity index (χ1v) is 6.96. The van der Waals surface area contributed by atoms with Crippen LogP contribution in [0.3, 0.4) is 0 Å². The van der Waals surface area contributed by atoms with Crippen molar-refractivity contribution in [2.75, 3.05) is 0 Å². The molecule has 0 aliphatic heterocycles. The molecule has 2 aliphatic carbocycles. The summed E-state index contributed by atoms with van der Waals surface area (Å²) in [5, 5.41) is 0. The lowest BCUT2D eigenvalue weighted by Crippen LogP contribution is -2.31. The van der Waals surface area contributed by atoms with Crippen molar-refractivity contribution >= 4 is 5.78 Å². The monoisotopic (exact) mass is 248 g/mol. The second-order valence-corrected chi connectivity index (χ2v) is 5.86. The molecule has 0 saturated heterocycles. The molecule has 2 aromatic carbocycles. The summed E-state index contributed by atoms with van der Waals surface area (Å²) in [6.07, 6.45) is 2.50. The highest BCUT2D eigenvalue weighted by Crippen LogP contribution is 2.56. The maximum absolute atomic E-state index is 12.2. The van der Waals surface area contributed by atoms with E-state index in [-0.39, 0.29) is 5.41 Å². The quantitative estimate of drug-likeness (QED) is 0.749. The van der Waals surface area contributed by atoms with Gasteiger partial charge in [0.2, 0.25) is 0 Å². The van der Waals surface area contributed by atoms with E-state index >= 15 is 0 Å². The number of rotatable bonds is 1. The molecule has 2 aromatic rings. The van der Waals surface area contributed by atoms with Crippen molar-refractivity contribution in [1.82, 2.24) is 0 Å². The average Bonchev–Trinajstić information content (AvgIpc) is 2.70. The molecule has 0 N–H and O–H groups in total. The molecule has 19 heavy (non-hydrogen) atoms. The predicted molar refractivity (Wildman–Crippen MR) is 75.3 cm³/mol. The Morgan fingerprint density at radius 2 is 1.68 bits per heavy atom. The standard InChI is InChI=1S/C18H16O/c19-15-10-13-11-18(12-15,14-6-2-1-3-7-14)17-9-5-4-8-16(13)17/h1-9,13H,10-12H2. The molecule has 94 valence electrons. The van der Waals surface area contributed by atoms with Crippen LogP contribution in [-0.2, 0) is 10.2 Å². The molecule has 4 rings (SSSR count). The zero-order valence-electron chi connectivity index (χ0n) is 10.8. The number of fused-ring (bicyclic) bond motifs is 5. The molecule has 1 saturated carbocycles. The first-order chi connectivity index (χ1) is 9.29. The Morgan fingerprint density at radius 3 is 2.53 bits per heavy atom. The number of Topliss-reactive ketones (excluding diaryl/α,β-unsaturated/α-hetero) is 1. The smallest absolute Gasteiger partial charge is 0.134 e. The molecule has 0 amide bonds. The topological polar surface area (TPSA) is 17.1 Å². The molecule has 2 atom stereocenters. The number of hydrogen-bond acceptors (Lipinski definition) is 1. The van der Waals surface area contributed by atoms with Crippen LogP contribution < -0.4 is 0 Å². The van der Waals surface area contributed by atoms with Gasteiger partial charge in [0.05, 0.1) is 0 Å². The Labute approximate surface area is 113 Å². The zero-order chi connectivity index (χ0) is 12.9. The highest BCUT2D eigenvalue weighted by molar-refractivity contribution is 5.85. The molecule has 0 radical (unpaired) electrons. The third-order valence-electron chi connectivity index (χ3n) is 4.81. The molecular weight excluding hydrogens is 232 g/mol. The third kappa shape index (κ3) is 1.45. The van der Waals surface area contributed by atoms with Gasteiger partial charge in [0.1, 0.15) is 5.78 Å². The van der Waals surface area contributed by atoms with Gasteiger partial charge in [-0.05, 0) is 29.0 Å². The van der Waals surface area contributed by atoms with Gasteiger partial charge in [0.15, 0.2) is 0 Å². The van der Waals surface area contributed by atoms with Crippen LogP contribution in [-0.4, -0.2) is 5.78 Å². The predicted octanol–water partition coefficient (Wildman–Crippen LogP) is 3.82. The van der Waals surface area contributed by atoms with Crippen LogP contribution in [0.15, 0.2) is 54.6 Å². The van der Waals surface area contributed by atoms with E-state index in [1.807, 2.05) is 6.07 Å². The summed E-state index contributed by atoms with van der Waals surface area (Å²) in [6.45, 7) is 0. The minimum Gasteiger partial charge on any atom is -0.300 e. The lowest BCUT2D eigenvalue weighted by molar-refractivity contribution is -0.121. The van der Waals surface area contributed by atoms with Crippen LogP contribution in [0, 0.1) is 0 Å². The van der Waals surface area contributed by atoms with E-state index in [4.69, 9.17) is 0 Å². The summed E-state index contributed by atoms with van der Waals surface area (Å²) < 4.78 is 0. The fraction of sp³-hybridized carbons (Fsp3) is 0.278. The highest BCUT2D eigenvalue weighted by atomic mass is 16.1. The molecule has 0 heterocycles. The van der Waals surface area contributed by atoms with Gasteiger partial charge in [-0.2, -0.15) is 0 Å². The SMILES string of the molecule is O=C1CC2CC(c3ccccc3)(C1)c1ccccc12. The first-order valence-electron chi connectivity index (χ1n) is 6.96. The second kappa shape index (κ2) is 3.80. The number of benzene rings is 2. The third-order valence-corrected chi connectivity index (χ3v) is 4.81. The van der Waals surface area contributed by atoms with E-state index in [1.54, 1.807) is 0 Å². The van der Waals surface area contributed by atoms with Gasteiger partial charge in [-0.15, -0.1) is 0 Å². The number of carbonyl (C=O) groups excluding carboxylic acids is 1. The minimum atomic E-state index is -0.0577. The van der Waals surface area contributed by atoms with Crippen LogP contribution in [0.5, 0.6) is 0 Å². The summed E-state index contributed by atoms with van der Waals surface area (Å²) in [4.78, 5) is 12.2. The molecule has 2 unspecified atom stereocenters. The van der Waals surface area contributed by atoms with Crippen LogP contribution >= 0.6 is 0 Å². The normalized spacial score (nSPS) is 28.2. The van der Waals surface area contributed by atoms with Gasteiger partial charge in [-0.3, -0.25) is 4.79 Å². The Morgan fingerprint density at radius 1 is 0.947 bits per heavy atom. The Hall–Kier alpha value is -1.89. The van der Waals surface area contributed by atoms with Gasteiger partial charge in [-0.1, -0.05) is 54.6 Å².